The van der Waals surface area contributed by atoms with Crippen molar-refractivity contribution < 1.29 is 13.2 Å². The zero-order valence-corrected chi connectivity index (χ0v) is 9.20. The quantitative estimate of drug-likeness (QED) is 0.807. The third-order valence-electron chi connectivity index (χ3n) is 3.10. The largest absolute Gasteiger partial charge is 0.417 e. The van der Waals surface area contributed by atoms with Crippen LogP contribution in [0.2, 0.25) is 5.02 Å². The van der Waals surface area contributed by atoms with E-state index in [9.17, 15) is 13.2 Å². The molecule has 0 bridgehead atoms. The highest BCUT2D eigenvalue weighted by atomic mass is 35.5. The molecule has 1 aromatic rings. The Morgan fingerprint density at radius 1 is 1.25 bits per heavy atom. The average molecular weight is 250 g/mol. The third kappa shape index (κ3) is 1.92. The fourth-order valence-corrected chi connectivity index (χ4v) is 2.19. The summed E-state index contributed by atoms with van der Waals surface area (Å²) in [5.41, 5.74) is 5.42. The van der Waals surface area contributed by atoms with Gasteiger partial charge in [-0.15, -0.1) is 0 Å². The molecule has 1 aliphatic carbocycles. The van der Waals surface area contributed by atoms with E-state index in [-0.39, 0.29) is 5.02 Å². The van der Waals surface area contributed by atoms with Crippen molar-refractivity contribution >= 4 is 11.6 Å². The zero-order chi connectivity index (χ0) is 12.0. The van der Waals surface area contributed by atoms with Crippen LogP contribution in [0.1, 0.15) is 30.4 Å². The van der Waals surface area contributed by atoms with Crippen molar-refractivity contribution in [2.24, 2.45) is 5.73 Å². The lowest BCUT2D eigenvalue weighted by Gasteiger charge is -2.38. The van der Waals surface area contributed by atoms with Gasteiger partial charge >= 0.3 is 6.18 Å². The molecule has 0 aliphatic heterocycles. The number of alkyl halides is 3. The van der Waals surface area contributed by atoms with Crippen molar-refractivity contribution in [1.82, 2.24) is 0 Å². The van der Waals surface area contributed by atoms with Crippen molar-refractivity contribution in [3.63, 3.8) is 0 Å². The number of hydrogen-bond donors (Lipinski definition) is 1. The molecule has 1 aromatic carbocycles. The van der Waals surface area contributed by atoms with Crippen molar-refractivity contribution in [2.75, 3.05) is 0 Å². The Kier molecular flexibility index (Phi) is 2.67. The molecule has 0 unspecified atom stereocenters. The minimum absolute atomic E-state index is 0.276. The summed E-state index contributed by atoms with van der Waals surface area (Å²) >= 11 is 5.63. The Morgan fingerprint density at radius 2 is 1.88 bits per heavy atom. The van der Waals surface area contributed by atoms with Gasteiger partial charge in [-0.1, -0.05) is 17.7 Å². The fraction of sp³-hybridized carbons (Fsp3) is 0.455. The van der Waals surface area contributed by atoms with Gasteiger partial charge in [-0.2, -0.15) is 13.2 Å². The van der Waals surface area contributed by atoms with Crippen LogP contribution in [0.5, 0.6) is 0 Å². The van der Waals surface area contributed by atoms with Crippen LogP contribution in [-0.4, -0.2) is 0 Å². The van der Waals surface area contributed by atoms with E-state index in [1.54, 1.807) is 0 Å². The first kappa shape index (κ1) is 11.7. The molecule has 0 radical (unpaired) electrons. The summed E-state index contributed by atoms with van der Waals surface area (Å²) in [4.78, 5) is 0. The highest BCUT2D eigenvalue weighted by Crippen LogP contribution is 2.42. The molecule has 1 nitrogen and oxygen atoms in total. The fourth-order valence-electron chi connectivity index (χ4n) is 1.90. The monoisotopic (exact) mass is 249 g/mol. The summed E-state index contributed by atoms with van der Waals surface area (Å²) in [6, 6.07) is 3.77. The average Bonchev–Trinajstić information content (AvgIpc) is 2.12. The molecule has 0 saturated heterocycles. The third-order valence-corrected chi connectivity index (χ3v) is 3.41. The second-order valence-corrected chi connectivity index (χ2v) is 4.61. The Labute approximate surface area is 96.4 Å². The lowest BCUT2D eigenvalue weighted by Crippen LogP contribution is -2.43. The summed E-state index contributed by atoms with van der Waals surface area (Å²) < 4.78 is 37.4. The van der Waals surface area contributed by atoms with Crippen molar-refractivity contribution in [3.05, 3.63) is 34.3 Å². The summed E-state index contributed by atoms with van der Waals surface area (Å²) in [5, 5.41) is -0.276. The number of halogens is 4. The predicted octanol–water partition coefficient (Wildman–Crippen LogP) is 3.70. The maximum Gasteiger partial charge on any atom is 0.417 e. The smallest absolute Gasteiger partial charge is 0.321 e. The molecule has 0 amide bonds. The zero-order valence-electron chi connectivity index (χ0n) is 8.44. The maximum absolute atomic E-state index is 12.5. The van der Waals surface area contributed by atoms with Crippen LogP contribution in [0, 0.1) is 0 Å². The van der Waals surface area contributed by atoms with Gasteiger partial charge in [-0.05, 0) is 37.0 Å². The van der Waals surface area contributed by atoms with Crippen molar-refractivity contribution in [3.8, 4) is 0 Å². The summed E-state index contributed by atoms with van der Waals surface area (Å²) in [6.07, 6.45) is -1.80. The van der Waals surface area contributed by atoms with E-state index in [1.165, 1.54) is 12.1 Å². The molecule has 0 spiro atoms. The van der Waals surface area contributed by atoms with E-state index in [0.29, 0.717) is 5.56 Å². The van der Waals surface area contributed by atoms with Gasteiger partial charge in [0, 0.05) is 5.54 Å². The van der Waals surface area contributed by atoms with E-state index >= 15 is 0 Å². The van der Waals surface area contributed by atoms with Crippen LogP contribution >= 0.6 is 11.6 Å². The molecule has 5 heteroatoms. The normalized spacial score (nSPS) is 19.3. The van der Waals surface area contributed by atoms with Gasteiger partial charge in [0.2, 0.25) is 0 Å². The Morgan fingerprint density at radius 3 is 2.25 bits per heavy atom. The van der Waals surface area contributed by atoms with Crippen molar-refractivity contribution in [2.45, 2.75) is 31.0 Å². The first-order chi connectivity index (χ1) is 7.33. The molecular weight excluding hydrogens is 239 g/mol. The molecule has 0 aromatic heterocycles. The van der Waals surface area contributed by atoms with E-state index in [0.717, 1.165) is 25.3 Å². The van der Waals surface area contributed by atoms with Gasteiger partial charge in [0.05, 0.1) is 10.6 Å². The number of hydrogen-bond acceptors (Lipinski definition) is 1. The molecule has 88 valence electrons. The van der Waals surface area contributed by atoms with Gasteiger partial charge in [0.15, 0.2) is 0 Å². The van der Waals surface area contributed by atoms with Crippen LogP contribution in [0.4, 0.5) is 13.2 Å². The highest BCUT2D eigenvalue weighted by molar-refractivity contribution is 6.31. The van der Waals surface area contributed by atoms with Crippen LogP contribution in [0.25, 0.3) is 0 Å². The number of benzene rings is 1. The topological polar surface area (TPSA) is 26.0 Å². The molecular formula is C11H11ClF3N. The predicted molar refractivity (Wildman–Crippen MR) is 56.2 cm³/mol. The Hall–Kier alpha value is -0.740. The Balaban J connectivity index is 2.37. The molecule has 1 aliphatic rings. The molecule has 2 N–H and O–H groups in total. The first-order valence-corrected chi connectivity index (χ1v) is 5.37. The molecule has 0 atom stereocenters. The van der Waals surface area contributed by atoms with E-state index < -0.39 is 17.3 Å². The van der Waals surface area contributed by atoms with Crippen LogP contribution in [-0.2, 0) is 11.7 Å². The second-order valence-electron chi connectivity index (χ2n) is 4.20. The van der Waals surface area contributed by atoms with Gasteiger partial charge in [-0.25, -0.2) is 0 Å². The molecule has 1 saturated carbocycles. The van der Waals surface area contributed by atoms with E-state index in [2.05, 4.69) is 0 Å². The second kappa shape index (κ2) is 3.64. The van der Waals surface area contributed by atoms with E-state index in [1.807, 2.05) is 0 Å². The standard InChI is InChI=1S/C11H11ClF3N/c12-9-6-7(10(16)4-1-5-10)2-3-8(9)11(13,14)15/h2-3,6H,1,4-5,16H2. The van der Waals surface area contributed by atoms with Gasteiger partial charge < -0.3 is 5.73 Å². The number of nitrogens with two attached hydrogens (primary N) is 1. The lowest BCUT2D eigenvalue weighted by atomic mass is 9.73. The SMILES string of the molecule is NC1(c2ccc(C(F)(F)F)c(Cl)c2)CCC1. The van der Waals surface area contributed by atoms with Crippen LogP contribution in [0.15, 0.2) is 18.2 Å². The minimum atomic E-state index is -4.41. The maximum atomic E-state index is 12.5. The minimum Gasteiger partial charge on any atom is -0.321 e. The highest BCUT2D eigenvalue weighted by Gasteiger charge is 2.37. The van der Waals surface area contributed by atoms with Crippen LogP contribution < -0.4 is 5.73 Å². The Bertz CT molecular complexity index is 410. The first-order valence-electron chi connectivity index (χ1n) is 4.99. The van der Waals surface area contributed by atoms with Gasteiger partial charge in [-0.3, -0.25) is 0 Å². The molecule has 16 heavy (non-hydrogen) atoms. The van der Waals surface area contributed by atoms with Crippen molar-refractivity contribution in [1.29, 1.82) is 0 Å². The van der Waals surface area contributed by atoms with Gasteiger partial charge in [0.1, 0.15) is 0 Å². The molecule has 0 heterocycles. The summed E-state index contributed by atoms with van der Waals surface area (Å²) in [7, 11) is 0. The molecule has 2 rings (SSSR count). The number of rotatable bonds is 1. The lowest BCUT2D eigenvalue weighted by molar-refractivity contribution is -0.137. The van der Waals surface area contributed by atoms with Gasteiger partial charge in [0.25, 0.3) is 0 Å². The summed E-state index contributed by atoms with van der Waals surface area (Å²) in [5.74, 6) is 0. The van der Waals surface area contributed by atoms with Crippen LogP contribution in [0.3, 0.4) is 0 Å². The van der Waals surface area contributed by atoms with E-state index in [4.69, 9.17) is 17.3 Å². The summed E-state index contributed by atoms with van der Waals surface area (Å²) in [6.45, 7) is 0. The molecule has 1 fully saturated rings.